The lowest BCUT2D eigenvalue weighted by Gasteiger charge is -2.36. The van der Waals surface area contributed by atoms with Crippen molar-refractivity contribution in [2.75, 3.05) is 13.1 Å². The van der Waals surface area contributed by atoms with Crippen molar-refractivity contribution in [2.45, 2.75) is 75.5 Å². The van der Waals surface area contributed by atoms with Gasteiger partial charge in [0.25, 0.3) is 5.91 Å². The van der Waals surface area contributed by atoms with Gasteiger partial charge < -0.3 is 10.2 Å². The molecule has 1 aliphatic carbocycles. The quantitative estimate of drug-likeness (QED) is 0.690. The maximum Gasteiger partial charge on any atom is 0.416 e. The average molecular weight is 451 g/mol. The van der Waals surface area contributed by atoms with Crippen molar-refractivity contribution in [3.05, 3.63) is 35.4 Å². The van der Waals surface area contributed by atoms with Crippen molar-refractivity contribution >= 4 is 17.8 Å². The van der Waals surface area contributed by atoms with Crippen molar-refractivity contribution < 1.29 is 27.6 Å². The van der Waals surface area contributed by atoms with Crippen molar-refractivity contribution in [1.82, 2.24) is 15.1 Å². The highest BCUT2D eigenvalue weighted by Gasteiger charge is 2.51. The lowest BCUT2D eigenvalue weighted by Crippen LogP contribution is -2.48. The van der Waals surface area contributed by atoms with Gasteiger partial charge in [-0.25, -0.2) is 4.79 Å². The number of nitrogens with zero attached hydrogens (tertiary/aromatic N) is 2. The minimum Gasteiger partial charge on any atom is -0.336 e. The molecule has 2 heterocycles. The molecule has 0 radical (unpaired) electrons. The second-order valence-corrected chi connectivity index (χ2v) is 9.00. The number of piperidine rings is 1. The van der Waals surface area contributed by atoms with Gasteiger partial charge in [0.15, 0.2) is 0 Å². The molecule has 1 unspecified atom stereocenters. The van der Waals surface area contributed by atoms with Crippen LogP contribution in [0.2, 0.25) is 0 Å². The van der Waals surface area contributed by atoms with Crippen molar-refractivity contribution in [3.8, 4) is 0 Å². The number of hydrogen-bond acceptors (Lipinski definition) is 3. The van der Waals surface area contributed by atoms with E-state index in [9.17, 15) is 27.6 Å². The molecule has 6 nitrogen and oxygen atoms in total. The van der Waals surface area contributed by atoms with E-state index in [0.29, 0.717) is 31.4 Å². The Labute approximate surface area is 185 Å². The summed E-state index contributed by atoms with van der Waals surface area (Å²) in [7, 11) is 0. The van der Waals surface area contributed by atoms with E-state index in [2.05, 4.69) is 5.32 Å². The normalized spacial score (nSPS) is 23.5. The number of hydrogen-bond donors (Lipinski definition) is 1. The summed E-state index contributed by atoms with van der Waals surface area (Å²) in [6, 6.07) is 4.22. The first kappa shape index (κ1) is 22.6. The molecule has 174 valence electrons. The summed E-state index contributed by atoms with van der Waals surface area (Å²) >= 11 is 0. The molecule has 1 N–H and O–H groups in total. The Morgan fingerprint density at radius 1 is 1.03 bits per heavy atom. The fraction of sp³-hybridized carbons (Fsp3) is 0.609. The van der Waals surface area contributed by atoms with Gasteiger partial charge in [0.1, 0.15) is 5.54 Å². The Kier molecular flexibility index (Phi) is 6.18. The monoisotopic (exact) mass is 451 g/mol. The molecular formula is C23H28F3N3O3. The van der Waals surface area contributed by atoms with Crippen molar-refractivity contribution in [1.29, 1.82) is 0 Å². The Hall–Kier alpha value is -2.58. The molecule has 9 heteroatoms. The van der Waals surface area contributed by atoms with Gasteiger partial charge in [0, 0.05) is 19.5 Å². The number of carbonyl (C=O) groups excluding carboxylic acids is 3. The van der Waals surface area contributed by atoms with E-state index in [0.717, 1.165) is 49.1 Å². The highest BCUT2D eigenvalue weighted by molar-refractivity contribution is 6.07. The van der Waals surface area contributed by atoms with E-state index in [1.807, 2.05) is 0 Å². The Bertz CT molecular complexity index is 879. The number of alkyl halides is 3. The molecule has 1 aromatic rings. The van der Waals surface area contributed by atoms with E-state index in [1.165, 1.54) is 12.1 Å². The van der Waals surface area contributed by atoms with Crippen LogP contribution >= 0.6 is 0 Å². The van der Waals surface area contributed by atoms with E-state index in [1.54, 1.807) is 4.90 Å². The fourth-order valence-electron chi connectivity index (χ4n) is 5.20. The maximum absolute atomic E-state index is 13.0. The number of nitrogens with one attached hydrogen (secondary N) is 1. The molecule has 3 aliphatic rings. The number of amides is 4. The van der Waals surface area contributed by atoms with Crippen LogP contribution in [0.5, 0.6) is 0 Å². The van der Waals surface area contributed by atoms with Crippen LogP contribution in [0.25, 0.3) is 0 Å². The molecule has 2 saturated heterocycles. The van der Waals surface area contributed by atoms with Crippen LogP contribution < -0.4 is 5.32 Å². The zero-order chi connectivity index (χ0) is 22.9. The molecule has 1 spiro atoms. The van der Waals surface area contributed by atoms with Crippen LogP contribution in [-0.4, -0.2) is 46.3 Å². The molecule has 4 amide bonds. The second kappa shape index (κ2) is 8.75. The van der Waals surface area contributed by atoms with Crippen LogP contribution in [0, 0.1) is 0 Å². The molecule has 1 aromatic carbocycles. The third-order valence-corrected chi connectivity index (χ3v) is 6.95. The van der Waals surface area contributed by atoms with Crippen LogP contribution in [0.3, 0.4) is 0 Å². The van der Waals surface area contributed by atoms with Gasteiger partial charge >= 0.3 is 12.2 Å². The Balaban J connectivity index is 1.41. The Morgan fingerprint density at radius 2 is 1.72 bits per heavy atom. The summed E-state index contributed by atoms with van der Waals surface area (Å²) in [4.78, 5) is 41.2. The molecular weight excluding hydrogens is 423 g/mol. The number of imide groups is 1. The van der Waals surface area contributed by atoms with Crippen LogP contribution in [-0.2, 0) is 15.8 Å². The largest absolute Gasteiger partial charge is 0.416 e. The van der Waals surface area contributed by atoms with E-state index >= 15 is 0 Å². The van der Waals surface area contributed by atoms with Crippen LogP contribution in [0.1, 0.15) is 75.0 Å². The van der Waals surface area contributed by atoms with Crippen LogP contribution in [0.4, 0.5) is 18.0 Å². The number of rotatable bonds is 4. The fourth-order valence-corrected chi connectivity index (χ4v) is 5.20. The smallest absolute Gasteiger partial charge is 0.336 e. The maximum atomic E-state index is 13.0. The minimum atomic E-state index is -4.40. The number of halogens is 3. The van der Waals surface area contributed by atoms with Gasteiger partial charge in [0.05, 0.1) is 11.6 Å². The number of urea groups is 1. The molecule has 0 aromatic heterocycles. The standard InChI is InChI=1S/C23H28F3N3O3/c24-23(25,26)17-9-7-16(8-10-17)18-6-2-5-14-28(18)19(30)11-15-29-20(31)22(27-21(29)32)12-3-1-4-13-22/h7-10,18H,1-6,11-15H2,(H,27,32). The lowest BCUT2D eigenvalue weighted by atomic mass is 9.82. The molecule has 1 atom stereocenters. The lowest BCUT2D eigenvalue weighted by molar-refractivity contribution is -0.138. The van der Waals surface area contributed by atoms with Gasteiger partial charge in [-0.3, -0.25) is 14.5 Å². The molecule has 0 bridgehead atoms. The molecule has 2 aliphatic heterocycles. The first-order valence-corrected chi connectivity index (χ1v) is 11.3. The summed E-state index contributed by atoms with van der Waals surface area (Å²) in [6.45, 7) is 0.524. The highest BCUT2D eigenvalue weighted by Crippen LogP contribution is 2.36. The summed E-state index contributed by atoms with van der Waals surface area (Å²) in [5.74, 6) is -0.437. The zero-order valence-electron chi connectivity index (χ0n) is 17.9. The van der Waals surface area contributed by atoms with E-state index in [4.69, 9.17) is 0 Å². The first-order chi connectivity index (χ1) is 15.2. The van der Waals surface area contributed by atoms with Gasteiger partial charge in [-0.15, -0.1) is 0 Å². The third-order valence-electron chi connectivity index (χ3n) is 6.95. The summed E-state index contributed by atoms with van der Waals surface area (Å²) < 4.78 is 38.6. The first-order valence-electron chi connectivity index (χ1n) is 11.3. The summed E-state index contributed by atoms with van der Waals surface area (Å²) in [5.41, 5.74) is -0.862. The molecule has 32 heavy (non-hydrogen) atoms. The van der Waals surface area contributed by atoms with Crippen LogP contribution in [0.15, 0.2) is 24.3 Å². The van der Waals surface area contributed by atoms with Gasteiger partial charge in [-0.1, -0.05) is 31.4 Å². The van der Waals surface area contributed by atoms with Crippen molar-refractivity contribution in [2.24, 2.45) is 0 Å². The highest BCUT2D eigenvalue weighted by atomic mass is 19.4. The summed E-state index contributed by atoms with van der Waals surface area (Å²) in [6.07, 6.45) is 2.05. The topological polar surface area (TPSA) is 69.7 Å². The van der Waals surface area contributed by atoms with E-state index in [-0.39, 0.29) is 30.8 Å². The zero-order valence-corrected chi connectivity index (χ0v) is 17.9. The molecule has 4 rings (SSSR count). The summed E-state index contributed by atoms with van der Waals surface area (Å²) in [5, 5.41) is 2.85. The second-order valence-electron chi connectivity index (χ2n) is 9.00. The van der Waals surface area contributed by atoms with E-state index < -0.39 is 23.3 Å². The van der Waals surface area contributed by atoms with Gasteiger partial charge in [-0.05, 0) is 49.8 Å². The number of benzene rings is 1. The predicted molar refractivity (Wildman–Crippen MR) is 110 cm³/mol. The van der Waals surface area contributed by atoms with Crippen molar-refractivity contribution in [3.63, 3.8) is 0 Å². The molecule has 3 fully saturated rings. The molecule has 1 saturated carbocycles. The van der Waals surface area contributed by atoms with Gasteiger partial charge in [0.2, 0.25) is 5.91 Å². The minimum absolute atomic E-state index is 0.00632. The Morgan fingerprint density at radius 3 is 2.38 bits per heavy atom. The SMILES string of the molecule is O=C1NC2(CCCCC2)C(=O)N1CCC(=O)N1CCCCC1c1ccc(C(F)(F)F)cc1. The third kappa shape index (κ3) is 4.34. The number of likely N-dealkylation sites (tertiary alicyclic amines) is 1. The average Bonchev–Trinajstić information content (AvgIpc) is 3.00. The predicted octanol–water partition coefficient (Wildman–Crippen LogP) is 4.40. The number of carbonyl (C=O) groups is 3. The van der Waals surface area contributed by atoms with Gasteiger partial charge in [-0.2, -0.15) is 13.2 Å².